The van der Waals surface area contributed by atoms with E-state index in [1.807, 2.05) is 0 Å². The molecule has 0 aliphatic carbocycles. The summed E-state index contributed by atoms with van der Waals surface area (Å²) in [5, 5.41) is 10.6. The van der Waals surface area contributed by atoms with Crippen LogP contribution in [0.2, 0.25) is 0 Å². The molecular weight excluding hydrogens is 1230 g/mol. The van der Waals surface area contributed by atoms with Crippen LogP contribution in [-0.2, 0) is 65.4 Å². The highest BCUT2D eigenvalue weighted by Crippen LogP contribution is 2.45. The highest BCUT2D eigenvalue weighted by Gasteiger charge is 2.30. The van der Waals surface area contributed by atoms with Gasteiger partial charge < -0.3 is 33.8 Å². The Hall–Kier alpha value is -1.94. The number of rotatable bonds is 74. The van der Waals surface area contributed by atoms with E-state index in [0.717, 1.165) is 115 Å². The second kappa shape index (κ2) is 66.9. The summed E-state index contributed by atoms with van der Waals surface area (Å²) < 4.78 is 68.3. The Morgan fingerprint density at radius 1 is 0.298 bits per heavy atom. The monoisotopic (exact) mass is 1380 g/mol. The number of phosphoric acid groups is 2. The van der Waals surface area contributed by atoms with Crippen LogP contribution in [0.5, 0.6) is 0 Å². The van der Waals surface area contributed by atoms with E-state index >= 15 is 0 Å². The first-order chi connectivity index (χ1) is 45.4. The first-order valence-corrected chi connectivity index (χ1v) is 42.1. The Morgan fingerprint density at radius 2 is 0.511 bits per heavy atom. The number of phosphoric ester groups is 2. The lowest BCUT2D eigenvalue weighted by molar-refractivity contribution is -0.161. The van der Waals surface area contributed by atoms with E-state index in [2.05, 4.69) is 41.5 Å². The third-order valence-electron chi connectivity index (χ3n) is 18.2. The number of aliphatic hydroxyl groups is 1. The number of carbonyl (C=O) groups is 4. The molecule has 19 heteroatoms. The molecule has 0 bridgehead atoms. The minimum Gasteiger partial charge on any atom is -0.462 e. The van der Waals surface area contributed by atoms with E-state index in [0.29, 0.717) is 25.7 Å². The van der Waals surface area contributed by atoms with E-state index in [1.54, 1.807) is 0 Å². The van der Waals surface area contributed by atoms with Gasteiger partial charge in [-0.3, -0.25) is 37.3 Å². The minimum absolute atomic E-state index is 0.105. The van der Waals surface area contributed by atoms with Gasteiger partial charge in [-0.05, 0) is 37.5 Å². The number of aliphatic hydroxyl groups excluding tert-OH is 1. The SMILES string of the molecule is CCCCCCCCCCCCCCCC(=O)OC[C@H](COP(=O)(O)OC[C@@H](O)COP(=O)(O)OC[C@@H](COC(=O)CCCCCCCCC)OC(=O)CCCCCCCCCCC(C)CC)OC(=O)CCCCCCCCCCCCCCCCCCCCC(C)CC. The van der Waals surface area contributed by atoms with Crippen molar-refractivity contribution in [3.63, 3.8) is 0 Å². The van der Waals surface area contributed by atoms with Gasteiger partial charge >= 0.3 is 39.5 Å². The van der Waals surface area contributed by atoms with Crippen molar-refractivity contribution in [3.05, 3.63) is 0 Å². The van der Waals surface area contributed by atoms with Gasteiger partial charge in [-0.2, -0.15) is 0 Å². The summed E-state index contributed by atoms with van der Waals surface area (Å²) in [4.78, 5) is 72.6. The fourth-order valence-corrected chi connectivity index (χ4v) is 13.0. The van der Waals surface area contributed by atoms with Crippen molar-refractivity contribution in [1.82, 2.24) is 0 Å². The summed E-state index contributed by atoms with van der Waals surface area (Å²) in [6.45, 7) is 9.61. The average Bonchev–Trinajstić information content (AvgIpc) is 1.87. The van der Waals surface area contributed by atoms with Gasteiger partial charge in [-0.15, -0.1) is 0 Å². The van der Waals surface area contributed by atoms with E-state index in [9.17, 15) is 43.2 Å². The fraction of sp³-hybridized carbons (Fsp3) is 0.947. The summed E-state index contributed by atoms with van der Waals surface area (Å²) in [6.07, 6.45) is 54.2. The van der Waals surface area contributed by atoms with Gasteiger partial charge in [0.25, 0.3) is 0 Å². The Bertz CT molecular complexity index is 1820. The molecule has 0 aliphatic heterocycles. The first-order valence-electron chi connectivity index (χ1n) is 39.1. The third-order valence-corrected chi connectivity index (χ3v) is 20.1. The van der Waals surface area contributed by atoms with Gasteiger partial charge in [-0.25, -0.2) is 9.13 Å². The number of unbranched alkanes of at least 4 members (excludes halogenated alkanes) is 42. The predicted molar refractivity (Wildman–Crippen MR) is 381 cm³/mol. The van der Waals surface area contributed by atoms with Crippen LogP contribution in [0.25, 0.3) is 0 Å². The zero-order valence-electron chi connectivity index (χ0n) is 61.3. The molecule has 0 spiro atoms. The maximum Gasteiger partial charge on any atom is 0.472 e. The zero-order valence-corrected chi connectivity index (χ0v) is 63.1. The fourth-order valence-electron chi connectivity index (χ4n) is 11.4. The van der Waals surface area contributed by atoms with Crippen LogP contribution >= 0.6 is 15.6 Å². The molecule has 4 unspecified atom stereocenters. The van der Waals surface area contributed by atoms with E-state index < -0.39 is 97.5 Å². The number of hydrogen-bond acceptors (Lipinski definition) is 15. The van der Waals surface area contributed by atoms with Gasteiger partial charge in [0.15, 0.2) is 12.2 Å². The van der Waals surface area contributed by atoms with Crippen molar-refractivity contribution in [1.29, 1.82) is 0 Å². The van der Waals surface area contributed by atoms with Crippen molar-refractivity contribution in [2.24, 2.45) is 11.8 Å². The lowest BCUT2D eigenvalue weighted by atomic mass is 9.99. The summed E-state index contributed by atoms with van der Waals surface area (Å²) in [6, 6.07) is 0. The molecule has 94 heavy (non-hydrogen) atoms. The van der Waals surface area contributed by atoms with Crippen molar-refractivity contribution in [2.45, 2.75) is 407 Å². The van der Waals surface area contributed by atoms with Gasteiger partial charge in [0.1, 0.15) is 19.3 Å². The van der Waals surface area contributed by atoms with E-state index in [4.69, 9.17) is 37.0 Å². The van der Waals surface area contributed by atoms with Crippen molar-refractivity contribution in [2.75, 3.05) is 39.6 Å². The molecule has 3 N–H and O–H groups in total. The predicted octanol–water partition coefficient (Wildman–Crippen LogP) is 21.9. The van der Waals surface area contributed by atoms with Crippen LogP contribution < -0.4 is 0 Å². The highest BCUT2D eigenvalue weighted by atomic mass is 31.2. The first kappa shape index (κ1) is 92.1. The molecule has 0 aromatic rings. The molecule has 0 saturated heterocycles. The lowest BCUT2D eigenvalue weighted by Crippen LogP contribution is -2.30. The average molecular weight is 1380 g/mol. The lowest BCUT2D eigenvalue weighted by Gasteiger charge is -2.21. The molecule has 0 aromatic heterocycles. The summed E-state index contributed by atoms with van der Waals surface area (Å²) in [7, 11) is -9.90. The van der Waals surface area contributed by atoms with Crippen LogP contribution in [0.1, 0.15) is 388 Å². The molecule has 0 radical (unpaired) electrons. The Morgan fingerprint density at radius 3 is 0.755 bits per heavy atom. The molecule has 0 rings (SSSR count). The van der Waals surface area contributed by atoms with E-state index in [1.165, 1.54) is 193 Å². The largest absolute Gasteiger partial charge is 0.472 e. The number of esters is 4. The molecular formula is C75H146O17P2. The second-order valence-electron chi connectivity index (χ2n) is 27.5. The maximum atomic E-state index is 13.1. The Labute approximate surface area is 575 Å². The zero-order chi connectivity index (χ0) is 69.3. The summed E-state index contributed by atoms with van der Waals surface area (Å²) >= 11 is 0. The van der Waals surface area contributed by atoms with Crippen LogP contribution in [0.3, 0.4) is 0 Å². The molecule has 0 aromatic carbocycles. The van der Waals surface area contributed by atoms with Crippen LogP contribution in [0, 0.1) is 11.8 Å². The molecule has 0 aliphatic rings. The molecule has 17 nitrogen and oxygen atoms in total. The molecule has 0 heterocycles. The standard InChI is InChI=1S/C75H146O17P2/c1-7-11-13-15-17-18-19-26-30-33-40-46-52-58-73(78)86-64-71(91-74(79)59-53-47-41-34-31-28-25-23-21-20-22-24-27-29-32-38-43-49-55-67(5)9-3)66-90-94(83,84)88-62-69(76)61-87-93(81,82)89-65-70(63-85-72(77)57-51-45-37-16-14-12-8-2)92-75(80)60-54-48-42-36-35-39-44-50-56-68(6)10-4/h67-71,76H,7-66H2,1-6H3,(H,81,82)(H,83,84)/t67?,68?,69-,70+,71+/m0/s1. The quantitative estimate of drug-likeness (QED) is 0.0222. The third kappa shape index (κ3) is 66.0. The molecule has 0 fully saturated rings. The van der Waals surface area contributed by atoms with Gasteiger partial charge in [0.2, 0.25) is 0 Å². The Kier molecular flexibility index (Phi) is 65.5. The normalized spacial score (nSPS) is 14.6. The smallest absolute Gasteiger partial charge is 0.462 e. The Balaban J connectivity index is 5.15. The van der Waals surface area contributed by atoms with Gasteiger partial charge in [0.05, 0.1) is 26.4 Å². The topological polar surface area (TPSA) is 237 Å². The van der Waals surface area contributed by atoms with Crippen LogP contribution in [0.15, 0.2) is 0 Å². The number of hydrogen-bond donors (Lipinski definition) is 3. The molecule has 7 atom stereocenters. The van der Waals surface area contributed by atoms with Crippen LogP contribution in [0.4, 0.5) is 0 Å². The van der Waals surface area contributed by atoms with Gasteiger partial charge in [-0.1, -0.05) is 337 Å². The maximum absolute atomic E-state index is 13.1. The molecule has 0 amide bonds. The number of carbonyl (C=O) groups excluding carboxylic acids is 4. The van der Waals surface area contributed by atoms with Gasteiger partial charge in [0, 0.05) is 25.7 Å². The van der Waals surface area contributed by atoms with E-state index in [-0.39, 0.29) is 25.7 Å². The molecule has 0 saturated carbocycles. The molecule has 558 valence electrons. The van der Waals surface area contributed by atoms with Crippen molar-refractivity contribution in [3.8, 4) is 0 Å². The van der Waals surface area contributed by atoms with Crippen molar-refractivity contribution >= 4 is 39.5 Å². The number of ether oxygens (including phenoxy) is 4. The summed E-state index contributed by atoms with van der Waals surface area (Å²) in [5.41, 5.74) is 0. The summed E-state index contributed by atoms with van der Waals surface area (Å²) in [5.74, 6) is -0.482. The highest BCUT2D eigenvalue weighted by molar-refractivity contribution is 7.47. The van der Waals surface area contributed by atoms with Crippen molar-refractivity contribution < 1.29 is 80.2 Å². The second-order valence-corrected chi connectivity index (χ2v) is 30.4. The minimum atomic E-state index is -4.95. The van der Waals surface area contributed by atoms with Crippen LogP contribution in [-0.4, -0.2) is 96.7 Å².